The lowest BCUT2D eigenvalue weighted by atomic mass is 9.81. The number of aryl methyl sites for hydroxylation is 1. The number of halogens is 2. The molecule has 0 amide bonds. The molecule has 0 aromatic carbocycles. The number of nitrogens with one attached hydrogen (secondary N) is 1. The standard InChI is InChI=1S/C13H19F2NS/c1-9-5-6-11(17-9)12(16-2)10-4-3-7-13(14,15)8-10/h5-6,10,12,16H,3-4,7-8H2,1-2H3. The molecule has 0 saturated heterocycles. The molecule has 2 unspecified atom stereocenters. The van der Waals surface area contributed by atoms with Crippen molar-refractivity contribution in [2.45, 2.75) is 44.6 Å². The van der Waals surface area contributed by atoms with Crippen molar-refractivity contribution in [3.63, 3.8) is 0 Å². The lowest BCUT2D eigenvalue weighted by molar-refractivity contribution is -0.0578. The van der Waals surface area contributed by atoms with Crippen molar-refractivity contribution in [2.24, 2.45) is 5.92 Å². The van der Waals surface area contributed by atoms with E-state index in [0.717, 1.165) is 6.42 Å². The summed E-state index contributed by atoms with van der Waals surface area (Å²) in [7, 11) is 1.87. The van der Waals surface area contributed by atoms with E-state index in [4.69, 9.17) is 0 Å². The summed E-state index contributed by atoms with van der Waals surface area (Å²) in [6, 6.07) is 4.21. The lowest BCUT2D eigenvalue weighted by Gasteiger charge is -2.33. The van der Waals surface area contributed by atoms with E-state index in [0.29, 0.717) is 6.42 Å². The van der Waals surface area contributed by atoms with Gasteiger partial charge in [-0.3, -0.25) is 0 Å². The van der Waals surface area contributed by atoms with Gasteiger partial charge >= 0.3 is 0 Å². The zero-order chi connectivity index (χ0) is 12.5. The fourth-order valence-corrected chi connectivity index (χ4v) is 3.81. The van der Waals surface area contributed by atoms with Gasteiger partial charge in [0.25, 0.3) is 0 Å². The molecule has 1 N–H and O–H groups in total. The Balaban J connectivity index is 2.13. The molecule has 1 nitrogen and oxygen atoms in total. The van der Waals surface area contributed by atoms with Crippen LogP contribution in [0.4, 0.5) is 8.78 Å². The van der Waals surface area contributed by atoms with Gasteiger partial charge in [-0.1, -0.05) is 0 Å². The van der Waals surface area contributed by atoms with Gasteiger partial charge in [0.05, 0.1) is 0 Å². The van der Waals surface area contributed by atoms with Gasteiger partial charge in [0.2, 0.25) is 5.92 Å². The quantitative estimate of drug-likeness (QED) is 0.860. The maximum Gasteiger partial charge on any atom is 0.248 e. The third kappa shape index (κ3) is 3.05. The molecule has 0 spiro atoms. The van der Waals surface area contributed by atoms with Gasteiger partial charge in [0, 0.05) is 28.6 Å². The van der Waals surface area contributed by atoms with E-state index in [1.807, 2.05) is 7.05 Å². The first-order valence-corrected chi connectivity index (χ1v) is 6.95. The van der Waals surface area contributed by atoms with Crippen LogP contribution in [-0.4, -0.2) is 13.0 Å². The minimum absolute atomic E-state index is 0.0233. The molecule has 1 aromatic rings. The number of rotatable bonds is 3. The summed E-state index contributed by atoms with van der Waals surface area (Å²) in [5, 5.41) is 3.22. The first-order valence-electron chi connectivity index (χ1n) is 6.13. The maximum atomic E-state index is 13.4. The first kappa shape index (κ1) is 13.0. The third-order valence-electron chi connectivity index (χ3n) is 3.53. The highest BCUT2D eigenvalue weighted by atomic mass is 32.1. The van der Waals surface area contributed by atoms with Crippen LogP contribution in [0, 0.1) is 12.8 Å². The fourth-order valence-electron chi connectivity index (χ4n) is 2.73. The van der Waals surface area contributed by atoms with Gasteiger partial charge in [0.1, 0.15) is 0 Å². The van der Waals surface area contributed by atoms with Gasteiger partial charge in [-0.05, 0) is 44.9 Å². The topological polar surface area (TPSA) is 12.0 Å². The zero-order valence-corrected chi connectivity index (χ0v) is 11.1. The Kier molecular flexibility index (Phi) is 3.83. The molecule has 2 rings (SSSR count). The predicted octanol–water partition coefficient (Wildman–Crippen LogP) is 4.14. The molecule has 0 radical (unpaired) electrons. The summed E-state index contributed by atoms with van der Waals surface area (Å²) in [6.07, 6.45) is 1.62. The van der Waals surface area contributed by atoms with E-state index in [1.165, 1.54) is 9.75 Å². The normalized spacial score (nSPS) is 25.8. The molecule has 4 heteroatoms. The average Bonchev–Trinajstić information content (AvgIpc) is 2.64. The summed E-state index contributed by atoms with van der Waals surface area (Å²) >= 11 is 1.71. The van der Waals surface area contributed by atoms with Crippen LogP contribution < -0.4 is 5.32 Å². The first-order chi connectivity index (χ1) is 8.02. The highest BCUT2D eigenvalue weighted by molar-refractivity contribution is 7.12. The molecule has 0 aliphatic heterocycles. The number of thiophene rings is 1. The Morgan fingerprint density at radius 2 is 2.24 bits per heavy atom. The Morgan fingerprint density at radius 1 is 1.47 bits per heavy atom. The Hall–Kier alpha value is -0.480. The van der Waals surface area contributed by atoms with E-state index < -0.39 is 5.92 Å². The van der Waals surface area contributed by atoms with Gasteiger partial charge < -0.3 is 5.32 Å². The summed E-state index contributed by atoms with van der Waals surface area (Å²) in [5.74, 6) is -2.41. The summed E-state index contributed by atoms with van der Waals surface area (Å²) in [6.45, 7) is 2.05. The van der Waals surface area contributed by atoms with Gasteiger partial charge in [-0.25, -0.2) is 8.78 Å². The van der Waals surface area contributed by atoms with Crippen LogP contribution in [0.3, 0.4) is 0 Å². The molecule has 1 heterocycles. The number of hydrogen-bond donors (Lipinski definition) is 1. The molecular weight excluding hydrogens is 240 g/mol. The van der Waals surface area contributed by atoms with Gasteiger partial charge in [-0.2, -0.15) is 0 Å². The molecule has 1 aliphatic carbocycles. The van der Waals surface area contributed by atoms with E-state index >= 15 is 0 Å². The molecule has 1 saturated carbocycles. The predicted molar refractivity (Wildman–Crippen MR) is 67.8 cm³/mol. The number of hydrogen-bond acceptors (Lipinski definition) is 2. The second-order valence-corrected chi connectivity index (χ2v) is 6.25. The smallest absolute Gasteiger partial charge is 0.248 e. The SMILES string of the molecule is CNC(c1ccc(C)s1)C1CCCC(F)(F)C1. The minimum Gasteiger partial charge on any atom is -0.312 e. The molecule has 1 aliphatic rings. The summed E-state index contributed by atoms with van der Waals surface area (Å²) in [5.41, 5.74) is 0. The molecule has 0 bridgehead atoms. The molecule has 1 fully saturated rings. The number of alkyl halides is 2. The van der Waals surface area contributed by atoms with Crippen molar-refractivity contribution in [1.29, 1.82) is 0 Å². The van der Waals surface area contributed by atoms with Crippen LogP contribution in [0.1, 0.15) is 41.5 Å². The largest absolute Gasteiger partial charge is 0.312 e. The van der Waals surface area contributed by atoms with Crippen molar-refractivity contribution in [1.82, 2.24) is 5.32 Å². The van der Waals surface area contributed by atoms with Crippen LogP contribution in [0.2, 0.25) is 0 Å². The van der Waals surface area contributed by atoms with E-state index in [2.05, 4.69) is 24.4 Å². The third-order valence-corrected chi connectivity index (χ3v) is 4.61. The van der Waals surface area contributed by atoms with E-state index in [-0.39, 0.29) is 24.8 Å². The van der Waals surface area contributed by atoms with Crippen molar-refractivity contribution in [2.75, 3.05) is 7.05 Å². The maximum absolute atomic E-state index is 13.4. The van der Waals surface area contributed by atoms with Crippen LogP contribution in [0.15, 0.2) is 12.1 Å². The van der Waals surface area contributed by atoms with Crippen molar-refractivity contribution in [3.05, 3.63) is 21.9 Å². The monoisotopic (exact) mass is 259 g/mol. The molecule has 96 valence electrons. The van der Waals surface area contributed by atoms with E-state index in [1.54, 1.807) is 11.3 Å². The minimum atomic E-state index is -2.47. The Bertz CT molecular complexity index is 375. The van der Waals surface area contributed by atoms with Crippen molar-refractivity contribution in [3.8, 4) is 0 Å². The molecule has 17 heavy (non-hydrogen) atoms. The van der Waals surface area contributed by atoms with E-state index in [9.17, 15) is 8.78 Å². The molecule has 1 aromatic heterocycles. The Labute approximate surface area is 105 Å². The zero-order valence-electron chi connectivity index (χ0n) is 10.3. The van der Waals surface area contributed by atoms with Crippen LogP contribution in [0.25, 0.3) is 0 Å². The lowest BCUT2D eigenvalue weighted by Crippen LogP contribution is -2.33. The van der Waals surface area contributed by atoms with Crippen molar-refractivity contribution >= 4 is 11.3 Å². The van der Waals surface area contributed by atoms with Gasteiger partial charge in [0.15, 0.2) is 0 Å². The summed E-state index contributed by atoms with van der Waals surface area (Å²) in [4.78, 5) is 2.43. The van der Waals surface area contributed by atoms with Crippen LogP contribution in [-0.2, 0) is 0 Å². The van der Waals surface area contributed by atoms with Gasteiger partial charge in [-0.15, -0.1) is 11.3 Å². The fraction of sp³-hybridized carbons (Fsp3) is 0.692. The average molecular weight is 259 g/mol. The molecule has 2 atom stereocenters. The van der Waals surface area contributed by atoms with Crippen molar-refractivity contribution < 1.29 is 8.78 Å². The highest BCUT2D eigenvalue weighted by Crippen LogP contribution is 2.43. The van der Waals surface area contributed by atoms with Crippen LogP contribution >= 0.6 is 11.3 Å². The summed E-state index contributed by atoms with van der Waals surface area (Å²) < 4.78 is 26.9. The highest BCUT2D eigenvalue weighted by Gasteiger charge is 2.39. The second-order valence-electron chi connectivity index (χ2n) is 4.93. The molecular formula is C13H19F2NS. The van der Waals surface area contributed by atoms with Crippen LogP contribution in [0.5, 0.6) is 0 Å². The second kappa shape index (κ2) is 5.02. The Morgan fingerprint density at radius 3 is 2.76 bits per heavy atom.